The zero-order chi connectivity index (χ0) is 21.6. The number of nitrogens with one attached hydrogen (secondary N) is 1. The Balaban J connectivity index is 1.50. The molecule has 6 nitrogen and oxygen atoms in total. The van der Waals surface area contributed by atoms with Gasteiger partial charge in [-0.05, 0) is 42.8 Å². The van der Waals surface area contributed by atoms with E-state index in [1.54, 1.807) is 41.3 Å². The Kier molecular flexibility index (Phi) is 6.08. The van der Waals surface area contributed by atoms with Crippen LogP contribution in [-0.2, 0) is 13.2 Å². The molecule has 0 spiro atoms. The summed E-state index contributed by atoms with van der Waals surface area (Å²) < 4.78 is 5.85. The van der Waals surface area contributed by atoms with Crippen LogP contribution in [0.5, 0.6) is 5.75 Å². The number of aromatic nitrogens is 2. The number of carbonyl (C=O) groups excluding carboxylic acids is 1. The number of nitrogens with zero attached hydrogens (tertiary/aromatic N) is 2. The first-order chi connectivity index (χ1) is 15.1. The molecule has 1 amide bonds. The SMILES string of the molecule is CCN(Cc1nc2ccccc2c(=O)[nH]1)C(=O)c1cccc(OCc2ccccc2)c1. The summed E-state index contributed by atoms with van der Waals surface area (Å²) in [5, 5.41) is 0.531. The zero-order valence-electron chi connectivity index (χ0n) is 17.2. The van der Waals surface area contributed by atoms with E-state index in [2.05, 4.69) is 9.97 Å². The number of ether oxygens (including phenoxy) is 1. The minimum absolute atomic E-state index is 0.150. The molecular formula is C25H23N3O3. The predicted octanol–water partition coefficient (Wildman–Crippen LogP) is 4.16. The van der Waals surface area contributed by atoms with E-state index in [0.717, 1.165) is 5.56 Å². The van der Waals surface area contributed by atoms with Crippen molar-refractivity contribution in [3.63, 3.8) is 0 Å². The number of H-pyrrole nitrogens is 1. The van der Waals surface area contributed by atoms with Gasteiger partial charge >= 0.3 is 0 Å². The first-order valence-corrected chi connectivity index (χ1v) is 10.2. The molecule has 0 saturated heterocycles. The van der Waals surface area contributed by atoms with E-state index in [1.165, 1.54) is 0 Å². The monoisotopic (exact) mass is 413 g/mol. The minimum Gasteiger partial charge on any atom is -0.489 e. The molecule has 0 unspecified atom stereocenters. The first-order valence-electron chi connectivity index (χ1n) is 10.2. The average molecular weight is 413 g/mol. The van der Waals surface area contributed by atoms with Gasteiger partial charge in [-0.2, -0.15) is 0 Å². The second-order valence-corrected chi connectivity index (χ2v) is 7.15. The molecule has 0 fully saturated rings. The van der Waals surface area contributed by atoms with Crippen LogP contribution in [0.1, 0.15) is 28.7 Å². The standard InChI is InChI=1S/C25H23N3O3/c1-2-28(16-23-26-22-14-7-6-13-21(22)24(29)27-23)25(30)19-11-8-12-20(15-19)31-17-18-9-4-3-5-10-18/h3-15H,2,16-17H2,1H3,(H,26,27,29). The second-order valence-electron chi connectivity index (χ2n) is 7.15. The molecule has 0 atom stereocenters. The number of benzene rings is 3. The molecule has 6 heteroatoms. The van der Waals surface area contributed by atoms with Crippen LogP contribution >= 0.6 is 0 Å². The lowest BCUT2D eigenvalue weighted by atomic mass is 10.2. The van der Waals surface area contributed by atoms with Crippen LogP contribution < -0.4 is 10.3 Å². The summed E-state index contributed by atoms with van der Waals surface area (Å²) in [5.74, 6) is 0.932. The Hall–Kier alpha value is -3.93. The maximum Gasteiger partial charge on any atom is 0.258 e. The van der Waals surface area contributed by atoms with E-state index < -0.39 is 0 Å². The van der Waals surface area contributed by atoms with Crippen molar-refractivity contribution in [1.29, 1.82) is 0 Å². The third-order valence-electron chi connectivity index (χ3n) is 5.00. The summed E-state index contributed by atoms with van der Waals surface area (Å²) in [6.45, 7) is 3.01. The van der Waals surface area contributed by atoms with Crippen molar-refractivity contribution in [3.05, 3.63) is 106 Å². The van der Waals surface area contributed by atoms with Crippen LogP contribution in [-0.4, -0.2) is 27.3 Å². The number of aromatic amines is 1. The highest BCUT2D eigenvalue weighted by Crippen LogP contribution is 2.17. The molecule has 31 heavy (non-hydrogen) atoms. The summed E-state index contributed by atoms with van der Waals surface area (Å²) in [6.07, 6.45) is 0. The van der Waals surface area contributed by atoms with Crippen LogP contribution in [0.25, 0.3) is 10.9 Å². The molecule has 0 saturated carbocycles. The van der Waals surface area contributed by atoms with Crippen molar-refractivity contribution in [2.45, 2.75) is 20.1 Å². The third-order valence-corrected chi connectivity index (χ3v) is 5.00. The highest BCUT2D eigenvalue weighted by atomic mass is 16.5. The molecule has 1 heterocycles. The van der Waals surface area contributed by atoms with Gasteiger partial charge in [-0.1, -0.05) is 48.5 Å². The zero-order valence-corrected chi connectivity index (χ0v) is 17.2. The smallest absolute Gasteiger partial charge is 0.258 e. The number of para-hydroxylation sites is 1. The highest BCUT2D eigenvalue weighted by molar-refractivity contribution is 5.94. The number of fused-ring (bicyclic) bond motifs is 1. The van der Waals surface area contributed by atoms with E-state index >= 15 is 0 Å². The van der Waals surface area contributed by atoms with Gasteiger partial charge in [0.1, 0.15) is 18.2 Å². The molecular weight excluding hydrogens is 390 g/mol. The van der Waals surface area contributed by atoms with Gasteiger partial charge in [-0.3, -0.25) is 9.59 Å². The van der Waals surface area contributed by atoms with Crippen molar-refractivity contribution in [2.75, 3.05) is 6.54 Å². The maximum atomic E-state index is 13.1. The molecule has 0 aliphatic rings. The van der Waals surface area contributed by atoms with Gasteiger partial charge in [0.2, 0.25) is 0 Å². The summed E-state index contributed by atoms with van der Waals surface area (Å²) >= 11 is 0. The number of carbonyl (C=O) groups is 1. The Morgan fingerprint density at radius 3 is 2.58 bits per heavy atom. The van der Waals surface area contributed by atoms with Crippen molar-refractivity contribution in [1.82, 2.24) is 14.9 Å². The Morgan fingerprint density at radius 1 is 1.00 bits per heavy atom. The second kappa shape index (κ2) is 9.26. The molecule has 0 bridgehead atoms. The molecule has 4 rings (SSSR count). The van der Waals surface area contributed by atoms with E-state index in [9.17, 15) is 9.59 Å². The molecule has 156 valence electrons. The number of hydrogen-bond donors (Lipinski definition) is 1. The van der Waals surface area contributed by atoms with Crippen LogP contribution in [0.15, 0.2) is 83.7 Å². The predicted molar refractivity (Wildman–Crippen MR) is 120 cm³/mol. The van der Waals surface area contributed by atoms with Crippen molar-refractivity contribution < 1.29 is 9.53 Å². The Bertz CT molecular complexity index is 1250. The lowest BCUT2D eigenvalue weighted by Gasteiger charge is -2.21. The van der Waals surface area contributed by atoms with E-state index in [4.69, 9.17) is 4.74 Å². The fourth-order valence-corrected chi connectivity index (χ4v) is 3.36. The topological polar surface area (TPSA) is 75.3 Å². The highest BCUT2D eigenvalue weighted by Gasteiger charge is 2.17. The van der Waals surface area contributed by atoms with E-state index in [1.807, 2.05) is 49.4 Å². The lowest BCUT2D eigenvalue weighted by molar-refractivity contribution is 0.0748. The van der Waals surface area contributed by atoms with E-state index in [-0.39, 0.29) is 18.0 Å². The van der Waals surface area contributed by atoms with Gasteiger partial charge < -0.3 is 14.6 Å². The van der Waals surface area contributed by atoms with Crippen molar-refractivity contribution in [3.8, 4) is 5.75 Å². The van der Waals surface area contributed by atoms with Crippen LogP contribution in [0.2, 0.25) is 0 Å². The molecule has 0 radical (unpaired) electrons. The molecule has 3 aromatic carbocycles. The third kappa shape index (κ3) is 4.80. The quantitative estimate of drug-likeness (QED) is 0.494. The average Bonchev–Trinajstić information content (AvgIpc) is 2.82. The molecule has 1 N–H and O–H groups in total. The fraction of sp³-hybridized carbons (Fsp3) is 0.160. The summed E-state index contributed by atoms with van der Waals surface area (Å²) in [7, 11) is 0. The summed E-state index contributed by atoms with van der Waals surface area (Å²) in [5.41, 5.74) is 1.98. The van der Waals surface area contributed by atoms with Crippen LogP contribution in [0.3, 0.4) is 0 Å². The normalized spacial score (nSPS) is 10.7. The van der Waals surface area contributed by atoms with Crippen LogP contribution in [0.4, 0.5) is 0 Å². The number of rotatable bonds is 7. The lowest BCUT2D eigenvalue weighted by Crippen LogP contribution is -2.32. The number of hydrogen-bond acceptors (Lipinski definition) is 4. The minimum atomic E-state index is -0.208. The van der Waals surface area contributed by atoms with Gasteiger partial charge in [0.15, 0.2) is 0 Å². The molecule has 1 aromatic heterocycles. The van der Waals surface area contributed by atoms with Gasteiger partial charge in [-0.25, -0.2) is 4.98 Å². The number of amides is 1. The van der Waals surface area contributed by atoms with Crippen LogP contribution in [0, 0.1) is 0 Å². The molecule has 0 aliphatic carbocycles. The largest absolute Gasteiger partial charge is 0.489 e. The molecule has 0 aliphatic heterocycles. The van der Waals surface area contributed by atoms with Gasteiger partial charge in [0.25, 0.3) is 11.5 Å². The van der Waals surface area contributed by atoms with Crippen molar-refractivity contribution in [2.24, 2.45) is 0 Å². The Morgan fingerprint density at radius 2 is 1.77 bits per heavy atom. The maximum absolute atomic E-state index is 13.1. The first kappa shape index (κ1) is 20.3. The summed E-state index contributed by atoms with van der Waals surface area (Å²) in [6, 6.07) is 24.2. The van der Waals surface area contributed by atoms with Gasteiger partial charge in [-0.15, -0.1) is 0 Å². The van der Waals surface area contributed by atoms with Gasteiger partial charge in [0, 0.05) is 12.1 Å². The van der Waals surface area contributed by atoms with E-state index in [0.29, 0.717) is 41.2 Å². The Labute approximate surface area is 180 Å². The van der Waals surface area contributed by atoms with Crippen molar-refractivity contribution >= 4 is 16.8 Å². The molecule has 4 aromatic rings. The summed E-state index contributed by atoms with van der Waals surface area (Å²) in [4.78, 5) is 34.4. The van der Waals surface area contributed by atoms with Gasteiger partial charge in [0.05, 0.1) is 17.4 Å². The fourth-order valence-electron chi connectivity index (χ4n) is 3.36.